The largest absolute Gasteiger partial charge is 0.303 e. The Bertz CT molecular complexity index is 250. The van der Waals surface area contributed by atoms with Crippen molar-refractivity contribution >= 4 is 12.6 Å². The van der Waals surface area contributed by atoms with E-state index in [1.54, 1.807) is 0 Å². The quantitative estimate of drug-likeness (QED) is 0.240. The first-order valence-corrected chi connectivity index (χ1v) is 9.69. The van der Waals surface area contributed by atoms with E-state index in [9.17, 15) is 9.59 Å². The molecule has 0 radical (unpaired) electrons. The Labute approximate surface area is 138 Å². The average Bonchev–Trinajstić information content (AvgIpc) is 2.55. The van der Waals surface area contributed by atoms with Crippen LogP contribution in [0.15, 0.2) is 0 Å². The Kier molecular flexibility index (Phi) is 16.2. The molecule has 0 bridgehead atoms. The number of hydrogen-bond acceptors (Lipinski definition) is 2. The third-order valence-corrected chi connectivity index (χ3v) is 4.65. The van der Waals surface area contributed by atoms with Gasteiger partial charge in [-0.3, -0.25) is 0 Å². The molecule has 0 aliphatic rings. The second kappa shape index (κ2) is 16.7. The van der Waals surface area contributed by atoms with E-state index in [-0.39, 0.29) is 11.8 Å². The van der Waals surface area contributed by atoms with Gasteiger partial charge >= 0.3 is 0 Å². The predicted molar refractivity (Wildman–Crippen MR) is 95.1 cm³/mol. The fourth-order valence-electron chi connectivity index (χ4n) is 3.01. The van der Waals surface area contributed by atoms with Crippen LogP contribution >= 0.6 is 0 Å². The van der Waals surface area contributed by atoms with Crippen LogP contribution in [-0.4, -0.2) is 12.6 Å². The molecule has 2 nitrogen and oxygen atoms in total. The molecule has 0 aromatic rings. The molecule has 0 aromatic heterocycles. The van der Waals surface area contributed by atoms with E-state index >= 15 is 0 Å². The highest BCUT2D eigenvalue weighted by Crippen LogP contribution is 2.20. The van der Waals surface area contributed by atoms with Gasteiger partial charge in [0.25, 0.3) is 0 Å². The average molecular weight is 311 g/mol. The van der Waals surface area contributed by atoms with Gasteiger partial charge in [0.15, 0.2) is 0 Å². The molecule has 0 N–H and O–H groups in total. The van der Waals surface area contributed by atoms with Crippen LogP contribution in [-0.2, 0) is 9.59 Å². The minimum atomic E-state index is 0.170. The lowest BCUT2D eigenvalue weighted by Gasteiger charge is -2.14. The number of aldehydes is 2. The predicted octanol–water partition coefficient (Wildman–Crippen LogP) is 6.12. The smallest absolute Gasteiger partial charge is 0.123 e. The summed E-state index contributed by atoms with van der Waals surface area (Å²) >= 11 is 0. The minimum Gasteiger partial charge on any atom is -0.303 e. The molecule has 22 heavy (non-hydrogen) atoms. The molecule has 0 heterocycles. The number of hydrogen-bond donors (Lipinski definition) is 0. The van der Waals surface area contributed by atoms with E-state index < -0.39 is 0 Å². The van der Waals surface area contributed by atoms with Crippen molar-refractivity contribution < 1.29 is 9.59 Å². The monoisotopic (exact) mass is 310 g/mol. The Morgan fingerprint density at radius 3 is 1.32 bits per heavy atom. The highest BCUT2D eigenvalue weighted by molar-refractivity contribution is 5.55. The van der Waals surface area contributed by atoms with E-state index in [0.717, 1.165) is 51.1 Å². The Balaban J connectivity index is 3.71. The maximum atomic E-state index is 11.2. The number of carbonyl (C=O) groups is 2. The molecule has 0 saturated carbocycles. The summed E-state index contributed by atoms with van der Waals surface area (Å²) in [5.74, 6) is 0.341. The highest BCUT2D eigenvalue weighted by atomic mass is 16.1. The fraction of sp³-hybridized carbons (Fsp3) is 0.900. The fourth-order valence-corrected chi connectivity index (χ4v) is 3.01. The lowest BCUT2D eigenvalue weighted by atomic mass is 9.90. The van der Waals surface area contributed by atoms with Crippen molar-refractivity contribution in [3.05, 3.63) is 0 Å². The molecule has 0 aliphatic carbocycles. The molecule has 0 aliphatic heterocycles. The van der Waals surface area contributed by atoms with Crippen LogP contribution in [0.3, 0.4) is 0 Å². The van der Waals surface area contributed by atoms with Gasteiger partial charge in [-0.15, -0.1) is 0 Å². The minimum absolute atomic E-state index is 0.170. The maximum Gasteiger partial charge on any atom is 0.123 e. The molecule has 0 spiro atoms. The normalized spacial score (nSPS) is 13.7. The van der Waals surface area contributed by atoms with Crippen molar-refractivity contribution in [3.8, 4) is 0 Å². The third kappa shape index (κ3) is 13.0. The second-order valence-electron chi connectivity index (χ2n) is 6.78. The molecule has 0 fully saturated rings. The van der Waals surface area contributed by atoms with Gasteiger partial charge in [-0.1, -0.05) is 78.1 Å². The molecule has 2 unspecified atom stereocenters. The van der Waals surface area contributed by atoms with E-state index in [2.05, 4.69) is 13.8 Å². The van der Waals surface area contributed by atoms with E-state index in [4.69, 9.17) is 0 Å². The lowest BCUT2D eigenvalue weighted by molar-refractivity contribution is -0.113. The molecule has 0 aromatic carbocycles. The van der Waals surface area contributed by atoms with Gasteiger partial charge in [0, 0.05) is 11.8 Å². The maximum absolute atomic E-state index is 11.2. The van der Waals surface area contributed by atoms with Crippen molar-refractivity contribution in [3.63, 3.8) is 0 Å². The summed E-state index contributed by atoms with van der Waals surface area (Å²) in [6.45, 7) is 4.43. The molecule has 0 rings (SSSR count). The summed E-state index contributed by atoms with van der Waals surface area (Å²) in [7, 11) is 0. The summed E-state index contributed by atoms with van der Waals surface area (Å²) in [4.78, 5) is 22.3. The van der Waals surface area contributed by atoms with Crippen LogP contribution in [0.5, 0.6) is 0 Å². The van der Waals surface area contributed by atoms with Gasteiger partial charge in [0.05, 0.1) is 0 Å². The van der Waals surface area contributed by atoms with E-state index in [0.29, 0.717) is 0 Å². The first-order valence-electron chi connectivity index (χ1n) is 9.69. The first kappa shape index (κ1) is 21.3. The third-order valence-electron chi connectivity index (χ3n) is 4.65. The summed E-state index contributed by atoms with van der Waals surface area (Å²) in [5.41, 5.74) is 0. The second-order valence-corrected chi connectivity index (χ2v) is 6.78. The Morgan fingerprint density at radius 2 is 0.909 bits per heavy atom. The van der Waals surface area contributed by atoms with Gasteiger partial charge in [-0.05, 0) is 25.7 Å². The first-order chi connectivity index (χ1) is 10.8. The zero-order valence-electron chi connectivity index (χ0n) is 15.0. The molecular weight excluding hydrogens is 272 g/mol. The summed E-state index contributed by atoms with van der Waals surface area (Å²) in [6, 6.07) is 0. The summed E-state index contributed by atoms with van der Waals surface area (Å²) < 4.78 is 0. The van der Waals surface area contributed by atoms with Crippen molar-refractivity contribution in [1.82, 2.24) is 0 Å². The standard InChI is InChI=1S/C20H38O2/c1-3-5-7-9-10-12-14-20(18-22)16-15-19(17-21)13-11-8-6-4-2/h17-20H,3-16H2,1-2H3. The molecule has 130 valence electrons. The van der Waals surface area contributed by atoms with Crippen LogP contribution in [0.2, 0.25) is 0 Å². The molecular formula is C20H38O2. The SMILES string of the molecule is CCCCCCCCC(C=O)CCC(C=O)CCCCCC. The lowest BCUT2D eigenvalue weighted by Crippen LogP contribution is -2.08. The van der Waals surface area contributed by atoms with Gasteiger partial charge in [0.2, 0.25) is 0 Å². The van der Waals surface area contributed by atoms with Crippen molar-refractivity contribution in [2.45, 2.75) is 104 Å². The Morgan fingerprint density at radius 1 is 0.545 bits per heavy atom. The van der Waals surface area contributed by atoms with Crippen LogP contribution in [0.1, 0.15) is 104 Å². The molecule has 0 saturated heterocycles. The van der Waals surface area contributed by atoms with E-state index in [1.807, 2.05) is 0 Å². The molecule has 2 heteroatoms. The summed E-state index contributed by atoms with van der Waals surface area (Å²) in [6.07, 6.45) is 18.6. The zero-order valence-corrected chi connectivity index (χ0v) is 15.0. The topological polar surface area (TPSA) is 34.1 Å². The number of unbranched alkanes of at least 4 members (excludes halogenated alkanes) is 8. The molecule has 0 amide bonds. The van der Waals surface area contributed by atoms with Crippen LogP contribution in [0.4, 0.5) is 0 Å². The number of rotatable bonds is 17. The van der Waals surface area contributed by atoms with Gasteiger partial charge in [-0.2, -0.15) is 0 Å². The highest BCUT2D eigenvalue weighted by Gasteiger charge is 2.12. The van der Waals surface area contributed by atoms with E-state index in [1.165, 1.54) is 51.4 Å². The van der Waals surface area contributed by atoms with Gasteiger partial charge < -0.3 is 9.59 Å². The van der Waals surface area contributed by atoms with Crippen LogP contribution in [0.25, 0.3) is 0 Å². The van der Waals surface area contributed by atoms with Crippen molar-refractivity contribution in [2.24, 2.45) is 11.8 Å². The van der Waals surface area contributed by atoms with Crippen LogP contribution in [0, 0.1) is 11.8 Å². The summed E-state index contributed by atoms with van der Waals surface area (Å²) in [5, 5.41) is 0. The molecule has 2 atom stereocenters. The van der Waals surface area contributed by atoms with Crippen LogP contribution < -0.4 is 0 Å². The zero-order chi connectivity index (χ0) is 16.5. The van der Waals surface area contributed by atoms with Crippen molar-refractivity contribution in [1.29, 1.82) is 0 Å². The van der Waals surface area contributed by atoms with Gasteiger partial charge in [0.1, 0.15) is 12.6 Å². The van der Waals surface area contributed by atoms with Gasteiger partial charge in [-0.25, -0.2) is 0 Å². The number of carbonyl (C=O) groups excluding carboxylic acids is 2. The van der Waals surface area contributed by atoms with Crippen molar-refractivity contribution in [2.75, 3.05) is 0 Å². The Hall–Kier alpha value is -0.660.